The number of anilines is 1. The van der Waals surface area contributed by atoms with Crippen LogP contribution in [0.2, 0.25) is 0 Å². The van der Waals surface area contributed by atoms with Gasteiger partial charge in [0, 0.05) is 25.3 Å². The summed E-state index contributed by atoms with van der Waals surface area (Å²) in [5.41, 5.74) is 6.46. The van der Waals surface area contributed by atoms with Crippen molar-refractivity contribution in [2.45, 2.75) is 24.9 Å². The summed E-state index contributed by atoms with van der Waals surface area (Å²) in [5, 5.41) is 19.1. The fourth-order valence-corrected chi connectivity index (χ4v) is 4.54. The van der Waals surface area contributed by atoms with Crippen LogP contribution in [0.5, 0.6) is 0 Å². The molecular weight excluding hydrogens is 564 g/mol. The Morgan fingerprint density at radius 2 is 2.00 bits per heavy atom. The van der Waals surface area contributed by atoms with Gasteiger partial charge in [0.1, 0.15) is 18.1 Å². The van der Waals surface area contributed by atoms with Crippen molar-refractivity contribution < 1.29 is 14.9 Å². The lowest BCUT2D eigenvalue weighted by Crippen LogP contribution is -2.28. The molecule has 0 radical (unpaired) electrons. The monoisotopic (exact) mass is 579 g/mol. The van der Waals surface area contributed by atoms with E-state index >= 15 is 0 Å². The molecule has 1 aromatic carbocycles. The van der Waals surface area contributed by atoms with E-state index in [1.165, 1.54) is 10.8 Å². The summed E-state index contributed by atoms with van der Waals surface area (Å²) in [6.07, 6.45) is -0.640. The number of nitrogens with zero attached hydrogens (tertiary/aromatic N) is 2. The van der Waals surface area contributed by atoms with Gasteiger partial charge < -0.3 is 20.7 Å². The van der Waals surface area contributed by atoms with Gasteiger partial charge in [-0.15, -0.1) is 0 Å². The maximum absolute atomic E-state index is 12.1. The van der Waals surface area contributed by atoms with Crippen LogP contribution in [0.4, 0.5) is 5.82 Å². The molecule has 1 saturated heterocycles. The van der Waals surface area contributed by atoms with Crippen LogP contribution in [-0.2, 0) is 4.74 Å². The number of benzene rings is 1. The molecule has 2 aromatic rings. The summed E-state index contributed by atoms with van der Waals surface area (Å²) in [7, 11) is 0. The zero-order valence-corrected chi connectivity index (χ0v) is 17.7. The Labute approximate surface area is 176 Å². The highest BCUT2D eigenvalue weighted by Crippen LogP contribution is 2.27. The number of hydrogen-bond acceptors (Lipinski definition) is 6. The number of nitrogen functional groups attached to an aromatic ring is 1. The van der Waals surface area contributed by atoms with Gasteiger partial charge in [0.2, 0.25) is 0 Å². The number of aromatic nitrogens is 2. The van der Waals surface area contributed by atoms with E-state index < -0.39 is 24.1 Å². The molecule has 9 heteroatoms. The van der Waals surface area contributed by atoms with Gasteiger partial charge >= 0.3 is 5.69 Å². The molecule has 3 rings (SSSR count). The average Bonchev–Trinajstić information content (AvgIpc) is 2.94. The highest BCUT2D eigenvalue weighted by atomic mass is 127. The number of nitrogens with two attached hydrogens (primary N) is 1. The Kier molecular flexibility index (Phi) is 6.18. The maximum atomic E-state index is 12.1. The standard InChI is InChI=1S/C17H15I2N3O4/c18-11-3-9(4-12(19)5-11)1-2-10-7-22(17(25)21-16(10)20)15-6-13(24)14(8-23)26-15/h3-5,7,13-15,23-24H,6,8H2,(H2,20,21,25)/t13-,14-,15-/m1/s1. The smallest absolute Gasteiger partial charge is 0.351 e. The summed E-state index contributed by atoms with van der Waals surface area (Å²) >= 11 is 4.44. The lowest BCUT2D eigenvalue weighted by atomic mass is 10.2. The highest BCUT2D eigenvalue weighted by molar-refractivity contribution is 14.1. The molecule has 7 nitrogen and oxygen atoms in total. The Morgan fingerprint density at radius 3 is 2.62 bits per heavy atom. The van der Waals surface area contributed by atoms with E-state index in [1.54, 1.807) is 0 Å². The maximum Gasteiger partial charge on any atom is 0.351 e. The second kappa shape index (κ2) is 8.22. The molecule has 1 fully saturated rings. The van der Waals surface area contributed by atoms with Crippen LogP contribution in [0.1, 0.15) is 23.8 Å². The number of ether oxygens (including phenoxy) is 1. The summed E-state index contributed by atoms with van der Waals surface area (Å²) < 4.78 is 8.89. The van der Waals surface area contributed by atoms with Crippen molar-refractivity contribution in [3.8, 4) is 11.8 Å². The SMILES string of the molecule is Nc1nc(=O)n([C@H]2C[C@@H](O)[C@@H](CO)O2)cc1C#Cc1cc(I)cc(I)c1. The van der Waals surface area contributed by atoms with Gasteiger partial charge in [0.15, 0.2) is 0 Å². The molecule has 0 amide bonds. The van der Waals surface area contributed by atoms with Crippen LogP contribution in [0.15, 0.2) is 29.2 Å². The van der Waals surface area contributed by atoms with Crippen LogP contribution in [0.25, 0.3) is 0 Å². The van der Waals surface area contributed by atoms with Crippen molar-refractivity contribution in [2.75, 3.05) is 12.3 Å². The molecule has 0 bridgehead atoms. The van der Waals surface area contributed by atoms with Gasteiger partial charge in [-0.2, -0.15) is 4.98 Å². The van der Waals surface area contributed by atoms with Gasteiger partial charge in [-0.1, -0.05) is 11.8 Å². The quantitative estimate of drug-likeness (QED) is 0.363. The van der Waals surface area contributed by atoms with E-state index in [0.717, 1.165) is 12.7 Å². The van der Waals surface area contributed by atoms with E-state index in [4.69, 9.17) is 10.5 Å². The third-order valence-corrected chi connectivity index (χ3v) is 5.13. The van der Waals surface area contributed by atoms with Crippen LogP contribution in [-0.4, -0.2) is 38.6 Å². The van der Waals surface area contributed by atoms with Crippen molar-refractivity contribution in [3.05, 3.63) is 53.1 Å². The van der Waals surface area contributed by atoms with E-state index in [2.05, 4.69) is 62.0 Å². The summed E-state index contributed by atoms with van der Waals surface area (Å²) in [6.45, 7) is -0.327. The van der Waals surface area contributed by atoms with E-state index in [-0.39, 0.29) is 18.8 Å². The molecule has 1 aromatic heterocycles. The van der Waals surface area contributed by atoms with Crippen molar-refractivity contribution in [1.29, 1.82) is 0 Å². The average molecular weight is 579 g/mol. The Morgan fingerprint density at radius 1 is 1.31 bits per heavy atom. The first kappa shape index (κ1) is 19.6. The van der Waals surface area contributed by atoms with E-state index in [9.17, 15) is 15.0 Å². The van der Waals surface area contributed by atoms with Gasteiger partial charge in [-0.3, -0.25) is 4.57 Å². The predicted molar refractivity (Wildman–Crippen MR) is 112 cm³/mol. The summed E-state index contributed by atoms with van der Waals surface area (Å²) in [6, 6.07) is 5.91. The first-order chi connectivity index (χ1) is 12.4. The number of halogens is 2. The molecule has 2 heterocycles. The van der Waals surface area contributed by atoms with Gasteiger partial charge in [-0.25, -0.2) is 4.79 Å². The lowest BCUT2D eigenvalue weighted by molar-refractivity contribution is -0.0458. The van der Waals surface area contributed by atoms with Crippen LogP contribution in [0, 0.1) is 19.0 Å². The van der Waals surface area contributed by atoms with Crippen molar-refractivity contribution in [2.24, 2.45) is 0 Å². The van der Waals surface area contributed by atoms with Crippen LogP contribution < -0.4 is 11.4 Å². The molecule has 136 valence electrons. The molecule has 0 unspecified atom stereocenters. The minimum atomic E-state index is -0.850. The molecular formula is C17H15I2N3O4. The second-order valence-electron chi connectivity index (χ2n) is 5.75. The van der Waals surface area contributed by atoms with Gasteiger partial charge in [0.25, 0.3) is 0 Å². The Bertz CT molecular complexity index is 931. The zero-order valence-electron chi connectivity index (χ0n) is 13.4. The van der Waals surface area contributed by atoms with E-state index in [0.29, 0.717) is 5.56 Å². The van der Waals surface area contributed by atoms with Crippen molar-refractivity contribution in [1.82, 2.24) is 9.55 Å². The summed E-state index contributed by atoms with van der Waals surface area (Å²) in [5.74, 6) is 6.00. The minimum Gasteiger partial charge on any atom is -0.394 e. The third-order valence-electron chi connectivity index (χ3n) is 3.88. The molecule has 0 aliphatic carbocycles. The fourth-order valence-electron chi connectivity index (χ4n) is 2.60. The predicted octanol–water partition coefficient (Wildman–Crippen LogP) is 1.08. The lowest BCUT2D eigenvalue weighted by Gasteiger charge is -2.15. The number of hydrogen-bond donors (Lipinski definition) is 3. The number of rotatable bonds is 2. The normalized spacial score (nSPS) is 22.1. The third kappa shape index (κ3) is 4.37. The van der Waals surface area contributed by atoms with Crippen molar-refractivity contribution >= 4 is 51.0 Å². The van der Waals surface area contributed by atoms with Gasteiger partial charge in [0.05, 0.1) is 18.3 Å². The fraction of sp³-hybridized carbons (Fsp3) is 0.294. The number of aliphatic hydroxyl groups is 2. The summed E-state index contributed by atoms with van der Waals surface area (Å²) in [4.78, 5) is 15.9. The molecule has 0 saturated carbocycles. The Balaban J connectivity index is 1.95. The topological polar surface area (TPSA) is 111 Å². The van der Waals surface area contributed by atoms with Crippen LogP contribution >= 0.6 is 45.2 Å². The minimum absolute atomic E-state index is 0.0383. The molecule has 4 N–H and O–H groups in total. The number of aliphatic hydroxyl groups excluding tert-OH is 2. The highest BCUT2D eigenvalue weighted by Gasteiger charge is 2.35. The van der Waals surface area contributed by atoms with Gasteiger partial charge in [-0.05, 0) is 63.4 Å². The van der Waals surface area contributed by atoms with Crippen molar-refractivity contribution in [3.63, 3.8) is 0 Å². The molecule has 1 aliphatic heterocycles. The van der Waals surface area contributed by atoms with E-state index in [1.807, 2.05) is 18.2 Å². The zero-order chi connectivity index (χ0) is 18.8. The Hall–Kier alpha value is -1.20. The first-order valence-electron chi connectivity index (χ1n) is 7.68. The molecule has 26 heavy (non-hydrogen) atoms. The second-order valence-corrected chi connectivity index (χ2v) is 8.24. The molecule has 0 spiro atoms. The largest absolute Gasteiger partial charge is 0.394 e. The molecule has 1 aliphatic rings. The molecule has 3 atom stereocenters. The van der Waals surface area contributed by atoms with Crippen LogP contribution in [0.3, 0.4) is 0 Å². The first-order valence-corrected chi connectivity index (χ1v) is 9.84.